The Kier molecular flexibility index (Phi) is 14.6. The minimum Gasteiger partial charge on any atom is -0.464 e. The zero-order chi connectivity index (χ0) is 33.0. The largest absolute Gasteiger partial charge is 0.464 e. The first kappa shape index (κ1) is 38.4. The SMILES string of the molecule is CC(C)(C)OC(=O)N[C@@H](Cc1ccccc1)C(=O)OCCCCCCCCCCCC(F)(F)C(F)(F)C(F)(F)C(F)(F)F. The Bertz CT molecular complexity index is 980. The standard InChI is InChI=1S/C29H40F9NO4/c1-25(2,3)43-24(41)39-22(20-21-16-12-11-13-17-21)23(40)42-19-15-10-8-6-4-5-7-9-14-18-26(30,31)27(32,33)28(34,35)29(36,37)38/h11-13,16-17,22H,4-10,14-15,18-20H2,1-3H3,(H,39,41)/t22-/m0/s1. The normalized spacial score (nSPS) is 13.9. The first-order chi connectivity index (χ1) is 19.7. The summed E-state index contributed by atoms with van der Waals surface area (Å²) in [7, 11) is 0. The average Bonchev–Trinajstić information content (AvgIpc) is 2.87. The first-order valence-corrected chi connectivity index (χ1v) is 14.1. The summed E-state index contributed by atoms with van der Waals surface area (Å²) in [6.45, 7) is 5.20. The highest BCUT2D eigenvalue weighted by atomic mass is 19.4. The van der Waals surface area contributed by atoms with Gasteiger partial charge in [-0.2, -0.15) is 39.5 Å². The maximum Gasteiger partial charge on any atom is 0.460 e. The number of carbonyl (C=O) groups excluding carboxylic acids is 2. The first-order valence-electron chi connectivity index (χ1n) is 14.1. The molecule has 0 unspecified atom stereocenters. The molecule has 0 spiro atoms. The van der Waals surface area contributed by atoms with Crippen molar-refractivity contribution in [1.29, 1.82) is 0 Å². The number of alkyl halides is 9. The number of hydrogen-bond donors (Lipinski definition) is 1. The summed E-state index contributed by atoms with van der Waals surface area (Å²) in [4.78, 5) is 24.9. The van der Waals surface area contributed by atoms with Crippen molar-refractivity contribution >= 4 is 12.1 Å². The number of nitrogens with one attached hydrogen (secondary N) is 1. The lowest BCUT2D eigenvalue weighted by Crippen LogP contribution is -2.60. The zero-order valence-electron chi connectivity index (χ0n) is 24.5. The molecule has 1 rings (SSSR count). The fourth-order valence-electron chi connectivity index (χ4n) is 4.02. The van der Waals surface area contributed by atoms with Crippen molar-refractivity contribution in [1.82, 2.24) is 5.32 Å². The van der Waals surface area contributed by atoms with Crippen molar-refractivity contribution in [3.8, 4) is 0 Å². The van der Waals surface area contributed by atoms with Gasteiger partial charge in [-0.25, -0.2) is 9.59 Å². The molecule has 0 aromatic heterocycles. The zero-order valence-corrected chi connectivity index (χ0v) is 24.5. The molecule has 0 saturated carbocycles. The Morgan fingerprint density at radius 2 is 1.21 bits per heavy atom. The Labute approximate surface area is 245 Å². The third-order valence-corrected chi connectivity index (χ3v) is 6.35. The van der Waals surface area contributed by atoms with E-state index in [1.807, 2.05) is 18.2 Å². The van der Waals surface area contributed by atoms with Crippen molar-refractivity contribution < 1.29 is 58.6 Å². The van der Waals surface area contributed by atoms with Crippen LogP contribution in [0.4, 0.5) is 44.3 Å². The number of carbonyl (C=O) groups is 2. The van der Waals surface area contributed by atoms with E-state index in [9.17, 15) is 49.1 Å². The predicted molar refractivity (Wildman–Crippen MR) is 141 cm³/mol. The number of rotatable bonds is 18. The van der Waals surface area contributed by atoms with E-state index in [-0.39, 0.29) is 19.4 Å². The molecule has 0 heterocycles. The van der Waals surface area contributed by atoms with Crippen LogP contribution in [-0.2, 0) is 20.7 Å². The Morgan fingerprint density at radius 3 is 1.70 bits per heavy atom. The molecule has 248 valence electrons. The highest BCUT2D eigenvalue weighted by Gasteiger charge is 2.81. The van der Waals surface area contributed by atoms with Crippen LogP contribution in [0.5, 0.6) is 0 Å². The highest BCUT2D eigenvalue weighted by Crippen LogP contribution is 2.54. The van der Waals surface area contributed by atoms with Gasteiger partial charge in [-0.3, -0.25) is 0 Å². The molecule has 1 amide bonds. The minimum absolute atomic E-state index is 0.0271. The van der Waals surface area contributed by atoms with Crippen molar-refractivity contribution in [2.75, 3.05) is 6.61 Å². The van der Waals surface area contributed by atoms with Gasteiger partial charge in [0.2, 0.25) is 0 Å². The summed E-state index contributed by atoms with van der Waals surface area (Å²) in [6, 6.07) is 8.09. The summed E-state index contributed by atoms with van der Waals surface area (Å²) < 4.78 is 126. The third-order valence-electron chi connectivity index (χ3n) is 6.35. The quantitative estimate of drug-likeness (QED) is 0.0992. The van der Waals surface area contributed by atoms with Crippen LogP contribution >= 0.6 is 0 Å². The molecule has 0 aliphatic rings. The van der Waals surface area contributed by atoms with Crippen LogP contribution in [0, 0.1) is 0 Å². The monoisotopic (exact) mass is 637 g/mol. The van der Waals surface area contributed by atoms with E-state index in [1.165, 1.54) is 0 Å². The molecule has 14 heteroatoms. The molecule has 0 fully saturated rings. The summed E-state index contributed by atoms with van der Waals surface area (Å²) in [5, 5.41) is 2.55. The summed E-state index contributed by atoms with van der Waals surface area (Å²) >= 11 is 0. The number of esters is 1. The number of halogens is 9. The molecule has 1 atom stereocenters. The van der Waals surface area contributed by atoms with Crippen molar-refractivity contribution in [3.05, 3.63) is 35.9 Å². The van der Waals surface area contributed by atoms with Gasteiger partial charge < -0.3 is 14.8 Å². The van der Waals surface area contributed by atoms with Crippen LogP contribution in [0.1, 0.15) is 90.5 Å². The minimum atomic E-state index is -6.84. The maximum atomic E-state index is 13.5. The lowest BCUT2D eigenvalue weighted by Gasteiger charge is -2.33. The highest BCUT2D eigenvalue weighted by molar-refractivity contribution is 5.81. The Hall–Kier alpha value is -2.67. The third kappa shape index (κ3) is 12.8. The topological polar surface area (TPSA) is 64.6 Å². The summed E-state index contributed by atoms with van der Waals surface area (Å²) in [6.07, 6.45) is -5.54. The number of amides is 1. The van der Waals surface area contributed by atoms with Gasteiger partial charge in [0.1, 0.15) is 11.6 Å². The molecule has 0 saturated heterocycles. The summed E-state index contributed by atoms with van der Waals surface area (Å²) in [5.41, 5.74) is 0.0628. The molecule has 43 heavy (non-hydrogen) atoms. The second-order valence-electron chi connectivity index (χ2n) is 11.3. The molecule has 0 aliphatic heterocycles. The van der Waals surface area contributed by atoms with Gasteiger partial charge in [0.05, 0.1) is 6.61 Å². The molecule has 1 aromatic rings. The van der Waals surface area contributed by atoms with Gasteiger partial charge in [-0.05, 0) is 39.2 Å². The maximum absolute atomic E-state index is 13.5. The average molecular weight is 638 g/mol. The van der Waals surface area contributed by atoms with Gasteiger partial charge in [0.15, 0.2) is 0 Å². The molecule has 5 nitrogen and oxygen atoms in total. The molecule has 0 bridgehead atoms. The van der Waals surface area contributed by atoms with Crippen molar-refractivity contribution in [2.45, 2.75) is 127 Å². The molecule has 0 radical (unpaired) electrons. The van der Waals surface area contributed by atoms with Crippen molar-refractivity contribution in [3.63, 3.8) is 0 Å². The number of hydrogen-bond acceptors (Lipinski definition) is 4. The molecule has 1 N–H and O–H groups in total. The fourth-order valence-corrected chi connectivity index (χ4v) is 4.02. The van der Waals surface area contributed by atoms with Crippen LogP contribution < -0.4 is 5.32 Å². The van der Waals surface area contributed by atoms with Gasteiger partial charge in [0, 0.05) is 12.8 Å². The Balaban J connectivity index is 2.29. The van der Waals surface area contributed by atoms with E-state index in [0.29, 0.717) is 32.1 Å². The van der Waals surface area contributed by atoms with E-state index >= 15 is 0 Å². The van der Waals surface area contributed by atoms with E-state index in [2.05, 4.69) is 5.32 Å². The lowest BCUT2D eigenvalue weighted by molar-refractivity contribution is -0.396. The number of ether oxygens (including phenoxy) is 2. The van der Waals surface area contributed by atoms with Crippen molar-refractivity contribution in [2.24, 2.45) is 0 Å². The fraction of sp³-hybridized carbons (Fsp3) is 0.724. The predicted octanol–water partition coefficient (Wildman–Crippen LogP) is 9.03. The second-order valence-corrected chi connectivity index (χ2v) is 11.3. The van der Waals surface area contributed by atoms with E-state index in [1.54, 1.807) is 32.9 Å². The molecular weight excluding hydrogens is 597 g/mol. The molecular formula is C29H40F9NO4. The smallest absolute Gasteiger partial charge is 0.460 e. The van der Waals surface area contributed by atoms with Gasteiger partial charge >= 0.3 is 36.0 Å². The molecule has 1 aromatic carbocycles. The van der Waals surface area contributed by atoms with E-state index in [4.69, 9.17) is 9.47 Å². The second kappa shape index (κ2) is 16.4. The summed E-state index contributed by atoms with van der Waals surface area (Å²) in [5.74, 6) is -19.5. The van der Waals surface area contributed by atoms with Crippen LogP contribution in [0.2, 0.25) is 0 Å². The van der Waals surface area contributed by atoms with E-state index < -0.39 is 60.5 Å². The lowest BCUT2D eigenvalue weighted by atomic mass is 9.97. The van der Waals surface area contributed by atoms with Crippen LogP contribution in [-0.4, -0.2) is 54.3 Å². The van der Waals surface area contributed by atoms with Crippen LogP contribution in [0.25, 0.3) is 0 Å². The van der Waals surface area contributed by atoms with Gasteiger partial charge in [-0.1, -0.05) is 75.3 Å². The molecule has 0 aliphatic carbocycles. The Morgan fingerprint density at radius 1 is 0.721 bits per heavy atom. The number of benzene rings is 1. The van der Waals surface area contributed by atoms with Crippen LogP contribution in [0.3, 0.4) is 0 Å². The number of alkyl carbamates (subject to hydrolysis) is 1. The van der Waals surface area contributed by atoms with Crippen LogP contribution in [0.15, 0.2) is 30.3 Å². The number of unbranched alkanes of at least 4 members (excludes halogenated alkanes) is 8. The van der Waals surface area contributed by atoms with Gasteiger partial charge in [0.25, 0.3) is 0 Å². The van der Waals surface area contributed by atoms with Gasteiger partial charge in [-0.15, -0.1) is 0 Å². The van der Waals surface area contributed by atoms with E-state index in [0.717, 1.165) is 18.4 Å².